The number of aromatic amines is 1. The van der Waals surface area contributed by atoms with Crippen molar-refractivity contribution in [1.82, 2.24) is 24.8 Å². The number of amides is 1. The second-order valence-corrected chi connectivity index (χ2v) is 12.1. The van der Waals surface area contributed by atoms with Crippen molar-refractivity contribution in [3.63, 3.8) is 0 Å². The third kappa shape index (κ3) is 6.08. The van der Waals surface area contributed by atoms with Crippen molar-refractivity contribution >= 4 is 28.7 Å². The summed E-state index contributed by atoms with van der Waals surface area (Å²) >= 11 is 1.49. The Labute approximate surface area is 243 Å². The Morgan fingerprint density at radius 3 is 2.63 bits per heavy atom. The maximum Gasteiger partial charge on any atom is 0.345 e. The molecule has 1 amide bonds. The zero-order valence-electron chi connectivity index (χ0n) is 24.1. The van der Waals surface area contributed by atoms with Gasteiger partial charge in [0.05, 0.1) is 11.7 Å². The number of carbonyl (C=O) groups excluding carboxylic acids is 1. The van der Waals surface area contributed by atoms with E-state index in [0.717, 1.165) is 59.4 Å². The lowest BCUT2D eigenvalue weighted by Crippen LogP contribution is -2.57. The van der Waals surface area contributed by atoms with Crippen LogP contribution in [0, 0.1) is 19.8 Å². The van der Waals surface area contributed by atoms with E-state index in [2.05, 4.69) is 31.4 Å². The highest BCUT2D eigenvalue weighted by Crippen LogP contribution is 2.41. The number of alkyl halides is 2. The molecule has 2 fully saturated rings. The summed E-state index contributed by atoms with van der Waals surface area (Å²) in [4.78, 5) is 36.9. The average molecular weight is 588 g/mol. The highest BCUT2D eigenvalue weighted by Gasteiger charge is 2.38. The molecule has 41 heavy (non-hydrogen) atoms. The fourth-order valence-corrected chi connectivity index (χ4v) is 7.53. The van der Waals surface area contributed by atoms with Gasteiger partial charge in [-0.25, -0.2) is 4.98 Å². The molecule has 0 spiro atoms. The number of hydrogen-bond donors (Lipinski definition) is 2. The summed E-state index contributed by atoms with van der Waals surface area (Å²) in [5.41, 5.74) is 3.43. The van der Waals surface area contributed by atoms with Crippen LogP contribution in [-0.2, 0) is 11.3 Å². The van der Waals surface area contributed by atoms with E-state index in [-0.39, 0.29) is 30.2 Å². The van der Waals surface area contributed by atoms with E-state index in [1.54, 1.807) is 6.20 Å². The molecule has 0 unspecified atom stereocenters. The van der Waals surface area contributed by atoms with Gasteiger partial charge in [-0.05, 0) is 76.3 Å². The molecule has 1 saturated carbocycles. The number of fused-ring (bicyclic) bond motifs is 1. The molecular weight excluding hydrogens is 548 g/mol. The van der Waals surface area contributed by atoms with Gasteiger partial charge in [0.2, 0.25) is 0 Å². The van der Waals surface area contributed by atoms with Gasteiger partial charge in [0.15, 0.2) is 0 Å². The second-order valence-electron chi connectivity index (χ2n) is 11.2. The summed E-state index contributed by atoms with van der Waals surface area (Å²) in [7, 11) is 0. The third-order valence-electron chi connectivity index (χ3n) is 8.83. The first kappa shape index (κ1) is 29.7. The van der Waals surface area contributed by atoms with Crippen LogP contribution in [0.4, 0.5) is 8.78 Å². The van der Waals surface area contributed by atoms with Gasteiger partial charge in [-0.2, -0.15) is 8.78 Å². The molecule has 2 aliphatic rings. The standard InChI is InChI=1S/C30H39F2N5O3S/c1-5-24(19-8-10-20(11-9-19)36-15-21(16-36)40-30(31)32)37-18(3)26(22-7-6-12-33-27(22)37)29(39)34-14-23-25(41-4)13-17(2)35-28(23)38/h6-7,12-13,19-21,24,30H,5,8-11,14-16H2,1-4H3,(H,34,39)(H,35,38)/t19?,20?,24-/m0/s1. The Hall–Kier alpha value is -2.76. The largest absolute Gasteiger partial charge is 0.348 e. The predicted octanol–water partition coefficient (Wildman–Crippen LogP) is 5.43. The van der Waals surface area contributed by atoms with Crippen LogP contribution < -0.4 is 10.9 Å². The first-order valence-electron chi connectivity index (χ1n) is 14.4. The van der Waals surface area contributed by atoms with Gasteiger partial charge in [0, 0.05) is 65.1 Å². The highest BCUT2D eigenvalue weighted by molar-refractivity contribution is 7.98. The lowest BCUT2D eigenvalue weighted by molar-refractivity contribution is -0.202. The summed E-state index contributed by atoms with van der Waals surface area (Å²) in [6.45, 7) is 4.60. The second kappa shape index (κ2) is 12.6. The van der Waals surface area contributed by atoms with Crippen LogP contribution >= 0.6 is 11.8 Å². The van der Waals surface area contributed by atoms with Crippen molar-refractivity contribution in [2.45, 2.75) is 89.1 Å². The summed E-state index contributed by atoms with van der Waals surface area (Å²) in [6, 6.07) is 6.30. The fourth-order valence-electron chi connectivity index (χ4n) is 6.82. The van der Waals surface area contributed by atoms with Gasteiger partial charge >= 0.3 is 6.61 Å². The predicted molar refractivity (Wildman–Crippen MR) is 157 cm³/mol. The molecule has 0 aromatic carbocycles. The Kier molecular flexibility index (Phi) is 9.15. The number of carbonyl (C=O) groups is 1. The van der Waals surface area contributed by atoms with Crippen molar-refractivity contribution in [3.05, 3.63) is 57.3 Å². The molecule has 222 valence electrons. The van der Waals surface area contributed by atoms with Gasteiger partial charge in [0.1, 0.15) is 5.65 Å². The molecule has 0 bridgehead atoms. The lowest BCUT2D eigenvalue weighted by Gasteiger charge is -2.47. The van der Waals surface area contributed by atoms with Crippen LogP contribution in [0.1, 0.15) is 72.4 Å². The van der Waals surface area contributed by atoms with Crippen LogP contribution in [0.25, 0.3) is 11.0 Å². The summed E-state index contributed by atoms with van der Waals surface area (Å²) < 4.78 is 31.9. The number of rotatable bonds is 10. The number of nitrogens with zero attached hydrogens (tertiary/aromatic N) is 3. The quantitative estimate of drug-likeness (QED) is 0.308. The number of ether oxygens (including phenoxy) is 1. The van der Waals surface area contributed by atoms with E-state index >= 15 is 0 Å². The zero-order chi connectivity index (χ0) is 29.3. The Balaban J connectivity index is 1.33. The van der Waals surface area contributed by atoms with E-state index in [4.69, 9.17) is 4.98 Å². The fraction of sp³-hybridized carbons (Fsp3) is 0.567. The van der Waals surface area contributed by atoms with Gasteiger partial charge < -0.3 is 19.6 Å². The minimum Gasteiger partial charge on any atom is -0.348 e. The van der Waals surface area contributed by atoms with Crippen molar-refractivity contribution < 1.29 is 18.3 Å². The number of thioether (sulfide) groups is 1. The van der Waals surface area contributed by atoms with Gasteiger partial charge in [-0.15, -0.1) is 11.8 Å². The van der Waals surface area contributed by atoms with Crippen LogP contribution in [0.5, 0.6) is 0 Å². The first-order valence-corrected chi connectivity index (χ1v) is 15.6. The first-order chi connectivity index (χ1) is 19.7. The Morgan fingerprint density at radius 2 is 1.98 bits per heavy atom. The molecule has 4 heterocycles. The summed E-state index contributed by atoms with van der Waals surface area (Å²) in [5, 5.41) is 3.81. The number of aryl methyl sites for hydroxylation is 1. The molecule has 5 rings (SSSR count). The maximum atomic E-state index is 13.6. The monoisotopic (exact) mass is 587 g/mol. The molecule has 11 heteroatoms. The molecule has 2 N–H and O–H groups in total. The topological polar surface area (TPSA) is 92.2 Å². The minimum absolute atomic E-state index is 0.137. The van der Waals surface area contributed by atoms with E-state index in [1.165, 1.54) is 11.8 Å². The third-order valence-corrected chi connectivity index (χ3v) is 9.64. The van der Waals surface area contributed by atoms with E-state index in [1.807, 2.05) is 38.3 Å². The molecule has 3 aromatic rings. The van der Waals surface area contributed by atoms with E-state index in [9.17, 15) is 18.4 Å². The van der Waals surface area contributed by atoms with Crippen LogP contribution in [0.3, 0.4) is 0 Å². The van der Waals surface area contributed by atoms with Gasteiger partial charge in [-0.3, -0.25) is 14.5 Å². The number of halogens is 2. The van der Waals surface area contributed by atoms with Gasteiger partial charge in [0.25, 0.3) is 11.5 Å². The van der Waals surface area contributed by atoms with E-state index < -0.39 is 6.61 Å². The number of hydrogen-bond acceptors (Lipinski definition) is 6. The molecular formula is C30H39F2N5O3S. The normalized spacial score (nSPS) is 20.9. The van der Waals surface area contributed by atoms with E-state index in [0.29, 0.717) is 36.2 Å². The summed E-state index contributed by atoms with van der Waals surface area (Å²) in [5.74, 6) is 0.205. The maximum absolute atomic E-state index is 13.6. The van der Waals surface area contributed by atoms with Crippen molar-refractivity contribution in [2.75, 3.05) is 19.3 Å². The van der Waals surface area contributed by atoms with Crippen LogP contribution in [0.2, 0.25) is 0 Å². The van der Waals surface area contributed by atoms with Crippen LogP contribution in [0.15, 0.2) is 34.1 Å². The number of likely N-dealkylation sites (tertiary alicyclic amines) is 1. The molecule has 8 nitrogen and oxygen atoms in total. The molecule has 3 aromatic heterocycles. The van der Waals surface area contributed by atoms with Crippen molar-refractivity contribution in [3.8, 4) is 0 Å². The summed E-state index contributed by atoms with van der Waals surface area (Å²) in [6.07, 6.45) is 8.32. The van der Waals surface area contributed by atoms with Gasteiger partial charge in [-0.1, -0.05) is 6.92 Å². The average Bonchev–Trinajstić information content (AvgIpc) is 3.22. The number of pyridine rings is 2. The zero-order valence-corrected chi connectivity index (χ0v) is 24.9. The minimum atomic E-state index is -2.71. The molecule has 0 radical (unpaired) electrons. The molecule has 1 aliphatic heterocycles. The lowest BCUT2D eigenvalue weighted by atomic mass is 9.79. The molecule has 1 aliphatic carbocycles. The molecule has 1 saturated heterocycles. The number of nitrogens with one attached hydrogen (secondary N) is 2. The highest BCUT2D eigenvalue weighted by atomic mass is 32.2. The Morgan fingerprint density at radius 1 is 1.24 bits per heavy atom. The number of aromatic nitrogens is 3. The van der Waals surface area contributed by atoms with Crippen molar-refractivity contribution in [2.24, 2.45) is 5.92 Å². The van der Waals surface area contributed by atoms with Crippen LogP contribution in [-0.4, -0.2) is 63.4 Å². The smallest absolute Gasteiger partial charge is 0.345 e. The Bertz CT molecular complexity index is 1440. The van der Waals surface area contributed by atoms with Crippen molar-refractivity contribution in [1.29, 1.82) is 0 Å². The molecule has 1 atom stereocenters. The number of H-pyrrole nitrogens is 1. The SMILES string of the molecule is CC[C@@H](C1CCC(N2CC(OC(F)F)C2)CC1)n1c(C)c(C(=O)NCc2c(SC)cc(C)[nH]c2=O)c2cccnc21.